The number of hydrogen-bond acceptors (Lipinski definition) is 1. The van der Waals surface area contributed by atoms with Crippen LogP contribution in [-0.4, -0.2) is 9.97 Å². The van der Waals surface area contributed by atoms with Crippen molar-refractivity contribution in [2.45, 2.75) is 12.3 Å². The lowest BCUT2D eigenvalue weighted by molar-refractivity contribution is 1.14. The van der Waals surface area contributed by atoms with Crippen molar-refractivity contribution in [3.63, 3.8) is 0 Å². The Hall–Kier alpha value is -1.71. The minimum absolute atomic E-state index is 0.220. The Bertz CT molecular complexity index is 815. The average Bonchev–Trinajstić information content (AvgIpc) is 2.75. The predicted molar refractivity (Wildman–Crippen MR) is 82.8 cm³/mol. The van der Waals surface area contributed by atoms with E-state index in [1.807, 2.05) is 43.3 Å². The monoisotopic (exact) mass is 306 g/mol. The molecule has 2 N–H and O–H groups in total. The van der Waals surface area contributed by atoms with Gasteiger partial charge >= 0.3 is 5.69 Å². The molecule has 0 amide bonds. The molecule has 2 aromatic carbocycles. The Morgan fingerprint density at radius 3 is 2.50 bits per heavy atom. The molecule has 0 aliphatic carbocycles. The number of aromatic nitrogens is 2. The van der Waals surface area contributed by atoms with E-state index < -0.39 is 0 Å². The zero-order valence-corrected chi connectivity index (χ0v) is 12.2. The van der Waals surface area contributed by atoms with Crippen molar-refractivity contribution in [3.05, 3.63) is 68.6 Å². The molecule has 0 fully saturated rings. The summed E-state index contributed by atoms with van der Waals surface area (Å²) in [7, 11) is 0. The first-order valence-corrected chi connectivity index (χ1v) is 6.97. The number of rotatable bonds is 2. The minimum atomic E-state index is -0.310. The largest absolute Gasteiger partial charge is 0.323 e. The maximum absolute atomic E-state index is 11.3. The van der Waals surface area contributed by atoms with Crippen LogP contribution < -0.4 is 5.69 Å². The lowest BCUT2D eigenvalue weighted by atomic mass is 10.0. The van der Waals surface area contributed by atoms with Crippen molar-refractivity contribution < 1.29 is 0 Å². The molecule has 1 heterocycles. The van der Waals surface area contributed by atoms with Crippen LogP contribution in [0.1, 0.15) is 22.1 Å². The molecule has 1 unspecified atom stereocenters. The highest BCUT2D eigenvalue weighted by Gasteiger charge is 2.13. The molecule has 0 aliphatic heterocycles. The van der Waals surface area contributed by atoms with Gasteiger partial charge in [-0.1, -0.05) is 23.7 Å². The molecule has 1 atom stereocenters. The summed E-state index contributed by atoms with van der Waals surface area (Å²) in [6.45, 7) is 1.98. The number of benzene rings is 2. The number of aryl methyl sites for hydroxylation is 1. The van der Waals surface area contributed by atoms with E-state index in [2.05, 4.69) is 9.97 Å². The van der Waals surface area contributed by atoms with Gasteiger partial charge in [0.05, 0.1) is 16.4 Å². The van der Waals surface area contributed by atoms with E-state index >= 15 is 0 Å². The van der Waals surface area contributed by atoms with Crippen LogP contribution in [0.2, 0.25) is 5.02 Å². The molecule has 0 radical (unpaired) electrons. The second-order valence-electron chi connectivity index (χ2n) is 4.81. The maximum Gasteiger partial charge on any atom is 0.323 e. The van der Waals surface area contributed by atoms with Crippen molar-refractivity contribution in [3.8, 4) is 0 Å². The quantitative estimate of drug-likeness (QED) is 0.687. The summed E-state index contributed by atoms with van der Waals surface area (Å²) >= 11 is 12.6. The molecular weight excluding hydrogens is 295 g/mol. The van der Waals surface area contributed by atoms with Crippen molar-refractivity contribution in [1.29, 1.82) is 0 Å². The second kappa shape index (κ2) is 5.00. The highest BCUT2D eigenvalue weighted by atomic mass is 35.5. The molecule has 3 nitrogen and oxygen atoms in total. The van der Waals surface area contributed by atoms with Crippen LogP contribution in [0.15, 0.2) is 41.2 Å². The number of alkyl halides is 1. The fourth-order valence-corrected chi connectivity index (χ4v) is 2.87. The highest BCUT2D eigenvalue weighted by molar-refractivity contribution is 6.31. The summed E-state index contributed by atoms with van der Waals surface area (Å²) in [5.74, 6) is 0. The van der Waals surface area contributed by atoms with Crippen LogP contribution in [0.5, 0.6) is 0 Å². The van der Waals surface area contributed by atoms with Gasteiger partial charge in [-0.3, -0.25) is 0 Å². The Balaban J connectivity index is 2.06. The zero-order chi connectivity index (χ0) is 14.3. The lowest BCUT2D eigenvalue weighted by Crippen LogP contribution is -1.99. The Morgan fingerprint density at radius 2 is 1.75 bits per heavy atom. The normalized spacial score (nSPS) is 12.8. The van der Waals surface area contributed by atoms with E-state index in [0.29, 0.717) is 5.02 Å². The molecule has 0 saturated heterocycles. The summed E-state index contributed by atoms with van der Waals surface area (Å²) in [6.07, 6.45) is 0. The first-order chi connectivity index (χ1) is 9.52. The van der Waals surface area contributed by atoms with E-state index in [4.69, 9.17) is 23.2 Å². The minimum Gasteiger partial charge on any atom is -0.306 e. The number of hydrogen-bond donors (Lipinski definition) is 2. The van der Waals surface area contributed by atoms with E-state index in [1.165, 1.54) is 0 Å². The number of fused-ring (bicyclic) bond motifs is 1. The number of halogens is 2. The van der Waals surface area contributed by atoms with Crippen LogP contribution in [0, 0.1) is 6.92 Å². The third kappa shape index (κ3) is 2.47. The van der Waals surface area contributed by atoms with Gasteiger partial charge in [0.15, 0.2) is 0 Å². The van der Waals surface area contributed by atoms with Gasteiger partial charge < -0.3 is 9.97 Å². The van der Waals surface area contributed by atoms with Crippen molar-refractivity contribution in [1.82, 2.24) is 9.97 Å². The first kappa shape index (κ1) is 13.3. The maximum atomic E-state index is 11.3. The van der Waals surface area contributed by atoms with Crippen molar-refractivity contribution in [2.75, 3.05) is 0 Å². The van der Waals surface area contributed by atoms with E-state index in [-0.39, 0.29) is 11.1 Å². The first-order valence-electron chi connectivity index (χ1n) is 6.16. The smallest absolute Gasteiger partial charge is 0.306 e. The molecule has 102 valence electrons. The molecule has 0 saturated carbocycles. The van der Waals surface area contributed by atoms with Crippen LogP contribution in [0.3, 0.4) is 0 Å². The molecule has 3 rings (SSSR count). The van der Waals surface area contributed by atoms with Crippen molar-refractivity contribution in [2.24, 2.45) is 0 Å². The van der Waals surface area contributed by atoms with Gasteiger partial charge in [0, 0.05) is 5.02 Å². The number of nitrogens with one attached hydrogen (secondary N) is 2. The van der Waals surface area contributed by atoms with Gasteiger partial charge in [0.25, 0.3) is 0 Å². The Kier molecular flexibility index (Phi) is 3.32. The molecule has 20 heavy (non-hydrogen) atoms. The van der Waals surface area contributed by atoms with Gasteiger partial charge in [-0.2, -0.15) is 0 Å². The number of H-pyrrole nitrogens is 2. The fourth-order valence-electron chi connectivity index (χ4n) is 2.31. The molecule has 1 aromatic heterocycles. The third-order valence-corrected chi connectivity index (χ3v) is 3.91. The summed E-state index contributed by atoms with van der Waals surface area (Å²) in [6, 6.07) is 11.4. The van der Waals surface area contributed by atoms with Crippen LogP contribution in [0.4, 0.5) is 0 Å². The third-order valence-electron chi connectivity index (χ3n) is 3.19. The standard InChI is InChI=1S/C15H12Cl2N2O/c1-8-4-10(6-11(16)5-8)14(17)9-2-3-12-13(7-9)19-15(20)18-12/h2-7,14H,1H3,(H2,18,19,20). The fraction of sp³-hybridized carbons (Fsp3) is 0.133. The highest BCUT2D eigenvalue weighted by Crippen LogP contribution is 2.32. The topological polar surface area (TPSA) is 48.6 Å². The lowest BCUT2D eigenvalue weighted by Gasteiger charge is -2.12. The van der Waals surface area contributed by atoms with Gasteiger partial charge in [-0.25, -0.2) is 4.79 Å². The molecular formula is C15H12Cl2N2O. The molecule has 5 heteroatoms. The van der Waals surface area contributed by atoms with Crippen molar-refractivity contribution >= 4 is 34.2 Å². The van der Waals surface area contributed by atoms with Crippen LogP contribution >= 0.6 is 23.2 Å². The Morgan fingerprint density at radius 1 is 1.00 bits per heavy atom. The zero-order valence-electron chi connectivity index (χ0n) is 10.7. The van der Waals surface area contributed by atoms with Gasteiger partial charge in [0.1, 0.15) is 0 Å². The summed E-state index contributed by atoms with van der Waals surface area (Å²) in [5, 5.41) is 0.358. The van der Waals surface area contributed by atoms with E-state index in [9.17, 15) is 4.79 Å². The Labute approximate surface area is 125 Å². The van der Waals surface area contributed by atoms with E-state index in [0.717, 1.165) is 27.7 Å². The number of imidazole rings is 1. The van der Waals surface area contributed by atoms with E-state index in [1.54, 1.807) is 0 Å². The average molecular weight is 307 g/mol. The molecule has 0 bridgehead atoms. The molecule has 0 aliphatic rings. The molecule has 0 spiro atoms. The van der Waals surface area contributed by atoms with Gasteiger partial charge in [-0.05, 0) is 47.9 Å². The summed E-state index contributed by atoms with van der Waals surface area (Å²) in [5.41, 5.74) is 4.21. The van der Waals surface area contributed by atoms with Gasteiger partial charge in [-0.15, -0.1) is 11.6 Å². The SMILES string of the molecule is Cc1cc(Cl)cc(C(Cl)c2ccc3[nH]c(=O)[nH]c3c2)c1. The number of aromatic amines is 2. The predicted octanol–water partition coefficient (Wildman–Crippen LogP) is 4.15. The summed E-state index contributed by atoms with van der Waals surface area (Å²) < 4.78 is 0. The second-order valence-corrected chi connectivity index (χ2v) is 5.68. The molecule has 3 aromatic rings. The van der Waals surface area contributed by atoms with Crippen LogP contribution in [0.25, 0.3) is 11.0 Å². The van der Waals surface area contributed by atoms with Crippen LogP contribution in [-0.2, 0) is 0 Å². The summed E-state index contributed by atoms with van der Waals surface area (Å²) in [4.78, 5) is 16.7. The van der Waals surface area contributed by atoms with Gasteiger partial charge in [0.2, 0.25) is 0 Å².